The SMILES string of the molecule is CC(C)(C)C(CCO)NC(=O)C1CCC(=O)N1. The highest BCUT2D eigenvalue weighted by atomic mass is 16.3. The molecule has 0 radical (unpaired) electrons. The Kier molecular flexibility index (Phi) is 4.51. The van der Waals surface area contributed by atoms with Gasteiger partial charge in [-0.1, -0.05) is 20.8 Å². The van der Waals surface area contributed by atoms with Crippen molar-refractivity contribution in [2.45, 2.75) is 52.1 Å². The Morgan fingerprint density at radius 3 is 2.65 bits per heavy atom. The van der Waals surface area contributed by atoms with Crippen molar-refractivity contribution >= 4 is 11.8 Å². The van der Waals surface area contributed by atoms with Crippen LogP contribution in [0, 0.1) is 5.41 Å². The summed E-state index contributed by atoms with van der Waals surface area (Å²) in [6.07, 6.45) is 1.49. The van der Waals surface area contributed by atoms with Crippen LogP contribution in [-0.2, 0) is 9.59 Å². The number of hydrogen-bond donors (Lipinski definition) is 3. The molecule has 0 aromatic carbocycles. The van der Waals surface area contributed by atoms with Crippen molar-refractivity contribution in [1.82, 2.24) is 10.6 Å². The smallest absolute Gasteiger partial charge is 0.242 e. The molecule has 0 aromatic heterocycles. The van der Waals surface area contributed by atoms with E-state index in [0.717, 1.165) is 0 Å². The van der Waals surface area contributed by atoms with Crippen molar-refractivity contribution in [3.05, 3.63) is 0 Å². The van der Waals surface area contributed by atoms with Crippen molar-refractivity contribution < 1.29 is 14.7 Å². The molecule has 0 bridgehead atoms. The van der Waals surface area contributed by atoms with Crippen LogP contribution < -0.4 is 10.6 Å². The molecule has 5 nitrogen and oxygen atoms in total. The van der Waals surface area contributed by atoms with E-state index in [4.69, 9.17) is 5.11 Å². The Hall–Kier alpha value is -1.10. The number of aliphatic hydroxyl groups excluding tert-OH is 1. The molecule has 1 fully saturated rings. The average Bonchev–Trinajstić information content (AvgIpc) is 2.62. The average molecular weight is 242 g/mol. The fourth-order valence-corrected chi connectivity index (χ4v) is 1.93. The van der Waals surface area contributed by atoms with Gasteiger partial charge in [0.05, 0.1) is 0 Å². The van der Waals surface area contributed by atoms with Gasteiger partial charge in [-0.25, -0.2) is 0 Å². The zero-order valence-corrected chi connectivity index (χ0v) is 10.7. The van der Waals surface area contributed by atoms with Crippen LogP contribution in [0.5, 0.6) is 0 Å². The minimum absolute atomic E-state index is 0.0409. The number of carbonyl (C=O) groups excluding carboxylic acids is 2. The highest BCUT2D eigenvalue weighted by Crippen LogP contribution is 2.22. The van der Waals surface area contributed by atoms with Gasteiger partial charge in [-0.2, -0.15) is 0 Å². The van der Waals surface area contributed by atoms with Gasteiger partial charge >= 0.3 is 0 Å². The first-order chi connectivity index (χ1) is 7.84. The third-order valence-corrected chi connectivity index (χ3v) is 3.09. The van der Waals surface area contributed by atoms with Crippen LogP contribution >= 0.6 is 0 Å². The van der Waals surface area contributed by atoms with E-state index in [9.17, 15) is 9.59 Å². The van der Waals surface area contributed by atoms with E-state index in [2.05, 4.69) is 10.6 Å². The number of nitrogens with one attached hydrogen (secondary N) is 2. The van der Waals surface area contributed by atoms with E-state index in [0.29, 0.717) is 19.3 Å². The fraction of sp³-hybridized carbons (Fsp3) is 0.833. The first-order valence-corrected chi connectivity index (χ1v) is 6.05. The number of amides is 2. The van der Waals surface area contributed by atoms with Crippen molar-refractivity contribution in [1.29, 1.82) is 0 Å². The van der Waals surface area contributed by atoms with E-state index in [-0.39, 0.29) is 29.9 Å². The highest BCUT2D eigenvalue weighted by molar-refractivity contribution is 5.90. The van der Waals surface area contributed by atoms with Crippen LogP contribution in [0.15, 0.2) is 0 Å². The van der Waals surface area contributed by atoms with Crippen molar-refractivity contribution in [2.24, 2.45) is 5.41 Å². The maximum absolute atomic E-state index is 11.9. The molecule has 0 saturated carbocycles. The minimum Gasteiger partial charge on any atom is -0.396 e. The summed E-state index contributed by atoms with van der Waals surface area (Å²) in [4.78, 5) is 23.0. The minimum atomic E-state index is -0.411. The molecule has 0 spiro atoms. The Labute approximate surface area is 102 Å². The molecule has 3 N–H and O–H groups in total. The molecule has 2 atom stereocenters. The summed E-state index contributed by atoms with van der Waals surface area (Å²) in [5.74, 6) is -0.219. The van der Waals surface area contributed by atoms with E-state index in [1.165, 1.54) is 0 Å². The third-order valence-electron chi connectivity index (χ3n) is 3.09. The van der Waals surface area contributed by atoms with Crippen molar-refractivity contribution in [3.63, 3.8) is 0 Å². The van der Waals surface area contributed by atoms with E-state index >= 15 is 0 Å². The molecule has 2 unspecified atom stereocenters. The lowest BCUT2D eigenvalue weighted by molar-refractivity contribution is -0.126. The molecule has 98 valence electrons. The molecule has 1 rings (SSSR count). The molecule has 1 saturated heterocycles. The second-order valence-electron chi connectivity index (χ2n) is 5.60. The molecule has 5 heteroatoms. The molecule has 0 aromatic rings. The number of hydrogen-bond acceptors (Lipinski definition) is 3. The van der Waals surface area contributed by atoms with Gasteiger partial charge in [-0.15, -0.1) is 0 Å². The topological polar surface area (TPSA) is 78.4 Å². The summed E-state index contributed by atoms with van der Waals surface area (Å²) in [7, 11) is 0. The quantitative estimate of drug-likeness (QED) is 0.658. The van der Waals surface area contributed by atoms with Crippen LogP contribution in [-0.4, -0.2) is 35.6 Å². The number of carbonyl (C=O) groups is 2. The number of rotatable bonds is 4. The summed E-state index contributed by atoms with van der Waals surface area (Å²) in [6, 6.07) is -0.497. The van der Waals surface area contributed by atoms with Crippen molar-refractivity contribution in [3.8, 4) is 0 Å². The lowest BCUT2D eigenvalue weighted by atomic mass is 9.84. The molecule has 1 aliphatic heterocycles. The Balaban J connectivity index is 2.55. The normalized spacial score (nSPS) is 22.1. The lowest BCUT2D eigenvalue weighted by Crippen LogP contribution is -2.50. The van der Waals surface area contributed by atoms with Gasteiger partial charge in [0.25, 0.3) is 0 Å². The van der Waals surface area contributed by atoms with E-state index in [1.807, 2.05) is 20.8 Å². The maximum Gasteiger partial charge on any atom is 0.242 e. The summed E-state index contributed by atoms with van der Waals surface area (Å²) >= 11 is 0. The zero-order valence-electron chi connectivity index (χ0n) is 10.7. The second kappa shape index (κ2) is 5.49. The van der Waals surface area contributed by atoms with Gasteiger partial charge < -0.3 is 15.7 Å². The first-order valence-electron chi connectivity index (χ1n) is 6.05. The predicted molar refractivity (Wildman–Crippen MR) is 64.3 cm³/mol. The monoisotopic (exact) mass is 242 g/mol. The molecular weight excluding hydrogens is 220 g/mol. The van der Waals surface area contributed by atoms with Crippen LogP contribution in [0.1, 0.15) is 40.0 Å². The van der Waals surface area contributed by atoms with Crippen LogP contribution in [0.3, 0.4) is 0 Å². The Morgan fingerprint density at radius 2 is 2.24 bits per heavy atom. The summed E-state index contributed by atoms with van der Waals surface area (Å²) in [5, 5.41) is 14.5. The van der Waals surface area contributed by atoms with Crippen LogP contribution in [0.25, 0.3) is 0 Å². The molecular formula is C12H22N2O3. The molecule has 1 heterocycles. The Bertz CT molecular complexity index is 297. The standard InChI is InChI=1S/C12H22N2O3/c1-12(2,3)9(6-7-15)14-11(17)8-4-5-10(16)13-8/h8-9,15H,4-7H2,1-3H3,(H,13,16)(H,14,17). The summed E-state index contributed by atoms with van der Waals surface area (Å²) < 4.78 is 0. The zero-order chi connectivity index (χ0) is 13.1. The van der Waals surface area contributed by atoms with Gasteiger partial charge in [-0.05, 0) is 18.3 Å². The largest absolute Gasteiger partial charge is 0.396 e. The summed E-state index contributed by atoms with van der Waals surface area (Å²) in [6.45, 7) is 6.09. The molecule has 1 aliphatic rings. The van der Waals surface area contributed by atoms with Gasteiger partial charge in [0.2, 0.25) is 11.8 Å². The van der Waals surface area contributed by atoms with E-state index in [1.54, 1.807) is 0 Å². The lowest BCUT2D eigenvalue weighted by Gasteiger charge is -2.32. The molecule has 2 amide bonds. The number of aliphatic hydroxyl groups is 1. The van der Waals surface area contributed by atoms with Gasteiger partial charge in [0, 0.05) is 19.1 Å². The summed E-state index contributed by atoms with van der Waals surface area (Å²) in [5.41, 5.74) is -0.110. The molecule has 17 heavy (non-hydrogen) atoms. The Morgan fingerprint density at radius 1 is 1.59 bits per heavy atom. The molecule has 0 aliphatic carbocycles. The highest BCUT2D eigenvalue weighted by Gasteiger charge is 2.31. The van der Waals surface area contributed by atoms with Crippen LogP contribution in [0.2, 0.25) is 0 Å². The third kappa shape index (κ3) is 4.00. The van der Waals surface area contributed by atoms with Crippen molar-refractivity contribution in [2.75, 3.05) is 6.61 Å². The first kappa shape index (κ1) is 14.0. The fourth-order valence-electron chi connectivity index (χ4n) is 1.93. The van der Waals surface area contributed by atoms with Gasteiger partial charge in [0.15, 0.2) is 0 Å². The predicted octanol–water partition coefficient (Wildman–Crippen LogP) is 0.178. The van der Waals surface area contributed by atoms with E-state index < -0.39 is 6.04 Å². The van der Waals surface area contributed by atoms with Gasteiger partial charge in [-0.3, -0.25) is 9.59 Å². The van der Waals surface area contributed by atoms with Crippen LogP contribution in [0.4, 0.5) is 0 Å². The van der Waals surface area contributed by atoms with Gasteiger partial charge in [0.1, 0.15) is 6.04 Å². The second-order valence-corrected chi connectivity index (χ2v) is 5.60. The maximum atomic E-state index is 11.9.